The fourth-order valence-electron chi connectivity index (χ4n) is 3.18. The van der Waals surface area contributed by atoms with Gasteiger partial charge < -0.3 is 4.90 Å². The zero-order chi connectivity index (χ0) is 17.8. The first-order chi connectivity index (χ1) is 12.1. The largest absolute Gasteiger partial charge is 0.336 e. The summed E-state index contributed by atoms with van der Waals surface area (Å²) in [6.45, 7) is 4.56. The molecule has 1 aliphatic rings. The first-order valence-electron chi connectivity index (χ1n) is 8.34. The van der Waals surface area contributed by atoms with Gasteiger partial charge in [-0.25, -0.2) is 0 Å². The molecule has 128 valence electrons. The van der Waals surface area contributed by atoms with Gasteiger partial charge in [-0.1, -0.05) is 41.9 Å². The van der Waals surface area contributed by atoms with Crippen LogP contribution in [0.1, 0.15) is 27.5 Å². The van der Waals surface area contributed by atoms with E-state index < -0.39 is 0 Å². The summed E-state index contributed by atoms with van der Waals surface area (Å²) in [4.78, 5) is 16.7. The molecule has 5 heteroatoms. The van der Waals surface area contributed by atoms with Crippen LogP contribution in [0.4, 0.5) is 0 Å². The number of piperazine rings is 1. The van der Waals surface area contributed by atoms with Gasteiger partial charge in [0.25, 0.3) is 5.91 Å². The van der Waals surface area contributed by atoms with Gasteiger partial charge >= 0.3 is 0 Å². The smallest absolute Gasteiger partial charge is 0.254 e. The molecule has 0 aromatic heterocycles. The van der Waals surface area contributed by atoms with Crippen LogP contribution in [0, 0.1) is 18.3 Å². The fourth-order valence-corrected chi connectivity index (χ4v) is 3.30. The van der Waals surface area contributed by atoms with Crippen molar-refractivity contribution in [3.05, 3.63) is 70.2 Å². The predicted molar refractivity (Wildman–Crippen MR) is 98.5 cm³/mol. The maximum absolute atomic E-state index is 12.7. The number of amides is 1. The van der Waals surface area contributed by atoms with Gasteiger partial charge in [-0.3, -0.25) is 9.69 Å². The van der Waals surface area contributed by atoms with Gasteiger partial charge in [0.2, 0.25) is 0 Å². The Labute approximate surface area is 153 Å². The molecule has 1 heterocycles. The molecule has 1 fully saturated rings. The van der Waals surface area contributed by atoms with E-state index in [-0.39, 0.29) is 11.9 Å². The highest BCUT2D eigenvalue weighted by atomic mass is 35.5. The summed E-state index contributed by atoms with van der Waals surface area (Å²) in [7, 11) is 0. The Balaban J connectivity index is 1.67. The van der Waals surface area contributed by atoms with Crippen LogP contribution in [-0.2, 0) is 0 Å². The standard InChI is InChI=1S/C20H20ClN3O/c1-15-4-2-3-5-18(15)20(25)24-12-10-23(11-13-24)19(14-22)16-6-8-17(21)9-7-16/h2-9,19H,10-13H2,1H3. The quantitative estimate of drug-likeness (QED) is 0.845. The summed E-state index contributed by atoms with van der Waals surface area (Å²) >= 11 is 5.93. The summed E-state index contributed by atoms with van der Waals surface area (Å²) in [6.07, 6.45) is 0. The molecule has 25 heavy (non-hydrogen) atoms. The fraction of sp³-hybridized carbons (Fsp3) is 0.300. The van der Waals surface area contributed by atoms with Crippen molar-refractivity contribution in [3.63, 3.8) is 0 Å². The van der Waals surface area contributed by atoms with Gasteiger partial charge in [-0.05, 0) is 36.2 Å². The molecule has 1 amide bonds. The van der Waals surface area contributed by atoms with E-state index in [0.717, 1.165) is 16.7 Å². The van der Waals surface area contributed by atoms with Crippen molar-refractivity contribution in [2.75, 3.05) is 26.2 Å². The van der Waals surface area contributed by atoms with Crippen LogP contribution in [0.15, 0.2) is 48.5 Å². The number of carbonyl (C=O) groups is 1. The molecule has 1 saturated heterocycles. The number of carbonyl (C=O) groups excluding carboxylic acids is 1. The minimum Gasteiger partial charge on any atom is -0.336 e. The Hall–Kier alpha value is -2.35. The van der Waals surface area contributed by atoms with Crippen molar-refractivity contribution in [1.29, 1.82) is 5.26 Å². The Morgan fingerprint density at radius 3 is 2.32 bits per heavy atom. The van der Waals surface area contributed by atoms with Crippen molar-refractivity contribution in [2.45, 2.75) is 13.0 Å². The summed E-state index contributed by atoms with van der Waals surface area (Å²) in [6, 6.07) is 17.1. The van der Waals surface area contributed by atoms with Crippen LogP contribution in [-0.4, -0.2) is 41.9 Å². The third-order valence-corrected chi connectivity index (χ3v) is 4.90. The molecule has 1 unspecified atom stereocenters. The minimum absolute atomic E-state index is 0.0674. The number of benzene rings is 2. The summed E-state index contributed by atoms with van der Waals surface area (Å²) < 4.78 is 0. The number of nitrogens with zero attached hydrogens (tertiary/aromatic N) is 3. The van der Waals surface area contributed by atoms with Gasteiger partial charge in [0.05, 0.1) is 6.07 Å². The molecule has 0 radical (unpaired) electrons. The lowest BCUT2D eigenvalue weighted by atomic mass is 10.0. The zero-order valence-corrected chi connectivity index (χ0v) is 14.9. The summed E-state index contributed by atoms with van der Waals surface area (Å²) in [5.41, 5.74) is 2.68. The van der Waals surface area contributed by atoms with E-state index in [1.54, 1.807) is 12.1 Å². The maximum Gasteiger partial charge on any atom is 0.254 e. The molecule has 1 aliphatic heterocycles. The first-order valence-corrected chi connectivity index (χ1v) is 8.72. The van der Waals surface area contributed by atoms with E-state index in [2.05, 4.69) is 11.0 Å². The van der Waals surface area contributed by atoms with E-state index in [1.807, 2.05) is 48.2 Å². The topological polar surface area (TPSA) is 47.3 Å². The molecule has 0 N–H and O–H groups in total. The van der Waals surface area contributed by atoms with Gasteiger partial charge in [-0.2, -0.15) is 5.26 Å². The van der Waals surface area contributed by atoms with Gasteiger partial charge in [0, 0.05) is 36.8 Å². The lowest BCUT2D eigenvalue weighted by Gasteiger charge is -2.37. The molecular formula is C20H20ClN3O. The molecule has 0 bridgehead atoms. The highest BCUT2D eigenvalue weighted by Gasteiger charge is 2.27. The highest BCUT2D eigenvalue weighted by Crippen LogP contribution is 2.24. The summed E-state index contributed by atoms with van der Waals surface area (Å²) in [5, 5.41) is 10.2. The van der Waals surface area contributed by atoms with Crippen LogP contribution in [0.3, 0.4) is 0 Å². The monoisotopic (exact) mass is 353 g/mol. The molecule has 0 spiro atoms. The van der Waals surface area contributed by atoms with Crippen LogP contribution in [0.5, 0.6) is 0 Å². The Morgan fingerprint density at radius 2 is 1.72 bits per heavy atom. The minimum atomic E-state index is -0.312. The third kappa shape index (κ3) is 3.84. The van der Waals surface area contributed by atoms with Crippen LogP contribution < -0.4 is 0 Å². The number of hydrogen-bond donors (Lipinski definition) is 0. The maximum atomic E-state index is 12.7. The number of halogens is 1. The van der Waals surface area contributed by atoms with Gasteiger partial charge in [-0.15, -0.1) is 0 Å². The van der Waals surface area contributed by atoms with E-state index in [1.165, 1.54) is 0 Å². The zero-order valence-electron chi connectivity index (χ0n) is 14.2. The lowest BCUT2D eigenvalue weighted by Crippen LogP contribution is -2.49. The molecular weight excluding hydrogens is 334 g/mol. The number of rotatable bonds is 3. The third-order valence-electron chi connectivity index (χ3n) is 4.65. The number of hydrogen-bond acceptors (Lipinski definition) is 3. The van der Waals surface area contributed by atoms with Crippen molar-refractivity contribution in [2.24, 2.45) is 0 Å². The first kappa shape index (κ1) is 17.5. The van der Waals surface area contributed by atoms with Gasteiger partial charge in [0.1, 0.15) is 6.04 Å². The molecule has 3 rings (SSSR count). The lowest BCUT2D eigenvalue weighted by molar-refractivity contribution is 0.0605. The Morgan fingerprint density at radius 1 is 1.08 bits per heavy atom. The van der Waals surface area contributed by atoms with Crippen LogP contribution in [0.25, 0.3) is 0 Å². The van der Waals surface area contributed by atoms with Crippen LogP contribution >= 0.6 is 11.6 Å². The van der Waals surface area contributed by atoms with Gasteiger partial charge in [0.15, 0.2) is 0 Å². The molecule has 2 aromatic rings. The average Bonchev–Trinajstić information content (AvgIpc) is 2.64. The second-order valence-electron chi connectivity index (χ2n) is 6.23. The SMILES string of the molecule is Cc1ccccc1C(=O)N1CCN(C(C#N)c2ccc(Cl)cc2)CC1. The summed E-state index contributed by atoms with van der Waals surface area (Å²) in [5.74, 6) is 0.0674. The molecule has 0 saturated carbocycles. The molecule has 4 nitrogen and oxygen atoms in total. The Kier molecular flexibility index (Phi) is 5.37. The normalized spacial score (nSPS) is 16.3. The van der Waals surface area contributed by atoms with Crippen LogP contribution in [0.2, 0.25) is 5.02 Å². The number of aryl methyl sites for hydroxylation is 1. The van der Waals surface area contributed by atoms with E-state index in [9.17, 15) is 10.1 Å². The van der Waals surface area contributed by atoms with E-state index in [4.69, 9.17) is 11.6 Å². The average molecular weight is 354 g/mol. The molecule has 1 atom stereocenters. The predicted octanol–water partition coefficient (Wildman–Crippen LogP) is 3.67. The molecule has 2 aromatic carbocycles. The highest BCUT2D eigenvalue weighted by molar-refractivity contribution is 6.30. The second-order valence-corrected chi connectivity index (χ2v) is 6.66. The number of nitriles is 1. The van der Waals surface area contributed by atoms with E-state index >= 15 is 0 Å². The molecule has 0 aliphatic carbocycles. The van der Waals surface area contributed by atoms with Crippen molar-refractivity contribution < 1.29 is 4.79 Å². The van der Waals surface area contributed by atoms with Crippen molar-refractivity contribution in [3.8, 4) is 6.07 Å². The van der Waals surface area contributed by atoms with E-state index in [0.29, 0.717) is 31.2 Å². The Bertz CT molecular complexity index is 789. The van der Waals surface area contributed by atoms with Crippen molar-refractivity contribution >= 4 is 17.5 Å². The van der Waals surface area contributed by atoms with Crippen molar-refractivity contribution in [1.82, 2.24) is 9.80 Å². The second kappa shape index (κ2) is 7.69.